The highest BCUT2D eigenvalue weighted by atomic mass is 32.2. The van der Waals surface area contributed by atoms with Gasteiger partial charge in [0.05, 0.1) is 17.2 Å². The molecule has 0 aromatic heterocycles. The molecule has 0 amide bonds. The van der Waals surface area contributed by atoms with E-state index in [1.807, 2.05) is 31.2 Å². The average molecular weight is 387 g/mol. The maximum Gasteiger partial charge on any atom is 0.243 e. The van der Waals surface area contributed by atoms with Gasteiger partial charge in [0.25, 0.3) is 0 Å². The van der Waals surface area contributed by atoms with Crippen LogP contribution in [-0.4, -0.2) is 38.6 Å². The monoisotopic (exact) mass is 386 g/mol. The molecule has 1 saturated heterocycles. The van der Waals surface area contributed by atoms with E-state index in [9.17, 15) is 8.42 Å². The second-order valence-corrected chi connectivity index (χ2v) is 8.75. The topological polar surface area (TPSA) is 59.0 Å². The molecule has 0 aliphatic carbocycles. The summed E-state index contributed by atoms with van der Waals surface area (Å²) in [4.78, 5) is 4.78. The molecule has 0 spiro atoms. The fourth-order valence-corrected chi connectivity index (χ4v) is 4.57. The van der Waals surface area contributed by atoms with Crippen molar-refractivity contribution < 1.29 is 13.2 Å². The number of ether oxygens (including phenoxy) is 1. The number of aliphatic imine (C=N–C) groups is 1. The molecule has 6 heteroatoms. The van der Waals surface area contributed by atoms with Crippen molar-refractivity contribution in [3.8, 4) is 5.75 Å². The van der Waals surface area contributed by atoms with Gasteiger partial charge in [0.15, 0.2) is 0 Å². The Hall–Kier alpha value is -2.18. The Bertz CT molecular complexity index is 884. The molecule has 0 radical (unpaired) electrons. The molecule has 1 heterocycles. The number of para-hydroxylation sites is 1. The van der Waals surface area contributed by atoms with Gasteiger partial charge in [0, 0.05) is 24.9 Å². The summed E-state index contributed by atoms with van der Waals surface area (Å²) in [5, 5.41) is 0. The van der Waals surface area contributed by atoms with Crippen LogP contribution in [0.15, 0.2) is 58.4 Å². The third-order valence-corrected chi connectivity index (χ3v) is 6.70. The lowest BCUT2D eigenvalue weighted by Crippen LogP contribution is -2.37. The molecule has 0 N–H and O–H groups in total. The largest absolute Gasteiger partial charge is 0.493 e. The molecule has 0 atom stereocenters. The third-order valence-electron chi connectivity index (χ3n) is 4.79. The van der Waals surface area contributed by atoms with Crippen molar-refractivity contribution in [3.05, 3.63) is 54.1 Å². The number of nitrogens with zero attached hydrogens (tertiary/aromatic N) is 2. The number of benzene rings is 2. The Morgan fingerprint density at radius 2 is 1.78 bits per heavy atom. The Balaban J connectivity index is 1.74. The van der Waals surface area contributed by atoms with Crippen LogP contribution in [-0.2, 0) is 10.0 Å². The molecule has 1 fully saturated rings. The number of piperidine rings is 1. The maximum atomic E-state index is 12.8. The summed E-state index contributed by atoms with van der Waals surface area (Å²) in [7, 11) is -3.42. The first-order valence-corrected chi connectivity index (χ1v) is 10.8. The highest BCUT2D eigenvalue weighted by Gasteiger charge is 2.27. The Morgan fingerprint density at radius 1 is 1.11 bits per heavy atom. The van der Waals surface area contributed by atoms with Crippen LogP contribution in [0.5, 0.6) is 5.75 Å². The number of hydrogen-bond acceptors (Lipinski definition) is 4. The molecule has 1 aliphatic heterocycles. The average Bonchev–Trinajstić information content (AvgIpc) is 2.68. The van der Waals surface area contributed by atoms with Crippen LogP contribution in [0.25, 0.3) is 0 Å². The van der Waals surface area contributed by atoms with Crippen molar-refractivity contribution >= 4 is 21.9 Å². The van der Waals surface area contributed by atoms with Gasteiger partial charge in [-0.3, -0.25) is 4.99 Å². The Kier molecular flexibility index (Phi) is 6.29. The van der Waals surface area contributed by atoms with E-state index in [-0.39, 0.29) is 0 Å². The summed E-state index contributed by atoms with van der Waals surface area (Å²) < 4.78 is 32.7. The quantitative estimate of drug-likeness (QED) is 0.697. The minimum Gasteiger partial charge on any atom is -0.493 e. The molecule has 0 bridgehead atoms. The van der Waals surface area contributed by atoms with Crippen LogP contribution in [0.1, 0.15) is 32.3 Å². The predicted molar refractivity (Wildman–Crippen MR) is 108 cm³/mol. The van der Waals surface area contributed by atoms with Crippen molar-refractivity contribution in [2.45, 2.75) is 31.6 Å². The van der Waals surface area contributed by atoms with E-state index in [4.69, 9.17) is 4.74 Å². The third kappa shape index (κ3) is 4.76. The normalized spacial score (nSPS) is 16.7. The summed E-state index contributed by atoms with van der Waals surface area (Å²) in [5.41, 5.74) is 1.59. The number of rotatable bonds is 6. The first-order valence-electron chi connectivity index (χ1n) is 9.37. The lowest BCUT2D eigenvalue weighted by atomic mass is 10.0. The smallest absolute Gasteiger partial charge is 0.243 e. The molecule has 2 aromatic carbocycles. The molecule has 0 unspecified atom stereocenters. The minimum absolute atomic E-state index is 0.325. The van der Waals surface area contributed by atoms with Crippen molar-refractivity contribution in [1.82, 2.24) is 4.31 Å². The van der Waals surface area contributed by atoms with Crippen LogP contribution < -0.4 is 4.74 Å². The van der Waals surface area contributed by atoms with E-state index in [1.54, 1.807) is 34.8 Å². The summed E-state index contributed by atoms with van der Waals surface area (Å²) in [6, 6.07) is 14.4. The molecular weight excluding hydrogens is 360 g/mol. The highest BCUT2D eigenvalue weighted by molar-refractivity contribution is 7.89. The fourth-order valence-electron chi connectivity index (χ4n) is 3.10. The molecule has 3 rings (SSSR count). The molecule has 144 valence electrons. The van der Waals surface area contributed by atoms with Gasteiger partial charge in [0.1, 0.15) is 5.75 Å². The maximum absolute atomic E-state index is 12.8. The zero-order chi connectivity index (χ0) is 19.3. The van der Waals surface area contributed by atoms with Crippen LogP contribution in [0.2, 0.25) is 0 Å². The standard InChI is InChI=1S/C21H26N2O3S/c1-3-26-21-7-5-4-6-18(21)16-22-19-8-10-20(11-9-19)27(24,25)23-14-12-17(2)13-15-23/h4-11,16-17H,3,12-15H2,1-2H3. The van der Waals surface area contributed by atoms with Crippen molar-refractivity contribution in [1.29, 1.82) is 0 Å². The van der Waals surface area contributed by atoms with E-state index in [2.05, 4.69) is 11.9 Å². The Labute approximate surface area is 161 Å². The van der Waals surface area contributed by atoms with Gasteiger partial charge in [-0.25, -0.2) is 8.42 Å². The second-order valence-electron chi connectivity index (χ2n) is 6.81. The number of hydrogen-bond donors (Lipinski definition) is 0. The summed E-state index contributed by atoms with van der Waals surface area (Å²) in [6.07, 6.45) is 3.57. The summed E-state index contributed by atoms with van der Waals surface area (Å²) >= 11 is 0. The predicted octanol–water partition coefficient (Wildman–Crippen LogP) is 4.26. The summed E-state index contributed by atoms with van der Waals surface area (Å²) in [6.45, 7) is 5.89. The summed E-state index contributed by atoms with van der Waals surface area (Å²) in [5.74, 6) is 1.37. The molecule has 27 heavy (non-hydrogen) atoms. The lowest BCUT2D eigenvalue weighted by Gasteiger charge is -2.29. The van der Waals surface area contributed by atoms with Crippen molar-refractivity contribution in [3.63, 3.8) is 0 Å². The minimum atomic E-state index is -3.42. The van der Waals surface area contributed by atoms with Gasteiger partial charge in [-0.2, -0.15) is 4.31 Å². The zero-order valence-corrected chi connectivity index (χ0v) is 16.7. The molecular formula is C21H26N2O3S. The van der Waals surface area contributed by atoms with Gasteiger partial charge in [0.2, 0.25) is 10.0 Å². The fraction of sp³-hybridized carbons (Fsp3) is 0.381. The number of sulfonamides is 1. The first-order chi connectivity index (χ1) is 13.0. The van der Waals surface area contributed by atoms with E-state index in [1.165, 1.54) is 0 Å². The first kappa shape index (κ1) is 19.6. The van der Waals surface area contributed by atoms with Gasteiger partial charge >= 0.3 is 0 Å². The van der Waals surface area contributed by atoms with Crippen LogP contribution >= 0.6 is 0 Å². The van der Waals surface area contributed by atoms with Gasteiger partial charge in [-0.15, -0.1) is 0 Å². The van der Waals surface area contributed by atoms with Gasteiger partial charge < -0.3 is 4.74 Å². The van der Waals surface area contributed by atoms with Gasteiger partial charge in [-0.1, -0.05) is 19.1 Å². The van der Waals surface area contributed by atoms with Crippen molar-refractivity contribution in [2.24, 2.45) is 10.9 Å². The van der Waals surface area contributed by atoms with Crippen molar-refractivity contribution in [2.75, 3.05) is 19.7 Å². The lowest BCUT2D eigenvalue weighted by molar-refractivity contribution is 0.288. The zero-order valence-electron chi connectivity index (χ0n) is 15.8. The van der Waals surface area contributed by atoms with Crippen LogP contribution in [0, 0.1) is 5.92 Å². The van der Waals surface area contributed by atoms with Crippen LogP contribution in [0.4, 0.5) is 5.69 Å². The second kappa shape index (κ2) is 8.67. The highest BCUT2D eigenvalue weighted by Crippen LogP contribution is 2.25. The van der Waals surface area contributed by atoms with Crippen LogP contribution in [0.3, 0.4) is 0 Å². The molecule has 0 saturated carbocycles. The van der Waals surface area contributed by atoms with E-state index in [0.29, 0.717) is 36.2 Å². The van der Waals surface area contributed by atoms with E-state index < -0.39 is 10.0 Å². The van der Waals surface area contributed by atoms with Gasteiger partial charge in [-0.05, 0) is 62.1 Å². The molecule has 2 aromatic rings. The molecule has 1 aliphatic rings. The van der Waals surface area contributed by atoms with E-state index >= 15 is 0 Å². The van der Waals surface area contributed by atoms with E-state index in [0.717, 1.165) is 24.2 Å². The SMILES string of the molecule is CCOc1ccccc1C=Nc1ccc(S(=O)(=O)N2CCC(C)CC2)cc1. The molecule has 5 nitrogen and oxygen atoms in total. The Morgan fingerprint density at radius 3 is 2.44 bits per heavy atom.